The van der Waals surface area contributed by atoms with Crippen LogP contribution in [0, 0.1) is 5.92 Å². The lowest BCUT2D eigenvalue weighted by Crippen LogP contribution is -2.34. The van der Waals surface area contributed by atoms with Crippen molar-refractivity contribution in [3.05, 3.63) is 52.4 Å². The molecule has 3 heterocycles. The Bertz CT molecular complexity index is 984. The predicted molar refractivity (Wildman–Crippen MR) is 130 cm³/mol. The summed E-state index contributed by atoms with van der Waals surface area (Å²) in [6.45, 7) is 5.10. The fourth-order valence-corrected chi connectivity index (χ4v) is 4.77. The van der Waals surface area contributed by atoms with E-state index in [0.717, 1.165) is 37.3 Å². The second kappa shape index (κ2) is 10.8. The van der Waals surface area contributed by atoms with Crippen LogP contribution in [0.3, 0.4) is 0 Å². The predicted octanol–water partition coefficient (Wildman–Crippen LogP) is 2.36. The molecule has 4 rings (SSSR count). The summed E-state index contributed by atoms with van der Waals surface area (Å²) in [5.41, 5.74) is 3.05. The molecule has 33 heavy (non-hydrogen) atoms. The van der Waals surface area contributed by atoms with Crippen LogP contribution in [0.1, 0.15) is 31.2 Å². The van der Waals surface area contributed by atoms with Gasteiger partial charge in [-0.25, -0.2) is 4.68 Å². The lowest BCUT2D eigenvalue weighted by atomic mass is 10.1. The van der Waals surface area contributed by atoms with Crippen LogP contribution in [0.2, 0.25) is 0 Å². The number of hydrogen-bond donors (Lipinski definition) is 0. The Hall–Kier alpha value is -2.87. The quantitative estimate of drug-likeness (QED) is 0.611. The van der Waals surface area contributed by atoms with E-state index in [0.29, 0.717) is 26.2 Å². The smallest absolute Gasteiger partial charge is 0.268 e. The number of hydrogen-bond acceptors (Lipinski definition) is 6. The molecule has 178 valence electrons. The fourth-order valence-electron chi connectivity index (χ4n) is 4.77. The van der Waals surface area contributed by atoms with Gasteiger partial charge < -0.3 is 19.4 Å². The van der Waals surface area contributed by atoms with E-state index in [-0.39, 0.29) is 17.4 Å². The standard InChI is InChI=1S/C25H35N5O3/c1-27(18-20-6-8-22(9-7-20)28-11-4-3-5-12-28)25(32)21-10-13-29(19-21)23-16-24(31)30(26-17-23)14-15-33-2/h6-9,16-17,21H,3-5,10-15,18-19H2,1-2H3. The summed E-state index contributed by atoms with van der Waals surface area (Å²) in [4.78, 5) is 31.7. The molecule has 0 saturated carbocycles. The van der Waals surface area contributed by atoms with Gasteiger partial charge >= 0.3 is 0 Å². The third kappa shape index (κ3) is 5.74. The Morgan fingerprint density at radius 1 is 1.09 bits per heavy atom. The minimum absolute atomic E-state index is 0.0708. The van der Waals surface area contributed by atoms with E-state index in [2.05, 4.69) is 39.2 Å². The summed E-state index contributed by atoms with van der Waals surface area (Å²) in [5, 5.41) is 4.25. The first kappa shape index (κ1) is 23.3. The van der Waals surface area contributed by atoms with Crippen molar-refractivity contribution in [3.63, 3.8) is 0 Å². The minimum atomic E-state index is -0.149. The zero-order valence-corrected chi connectivity index (χ0v) is 19.8. The molecule has 2 aliphatic heterocycles. The van der Waals surface area contributed by atoms with Crippen LogP contribution >= 0.6 is 0 Å². The summed E-state index contributed by atoms with van der Waals surface area (Å²) >= 11 is 0. The van der Waals surface area contributed by atoms with E-state index < -0.39 is 0 Å². The molecular formula is C25H35N5O3. The molecule has 0 N–H and O–H groups in total. The molecule has 0 spiro atoms. The van der Waals surface area contributed by atoms with Crippen LogP contribution in [-0.2, 0) is 22.6 Å². The molecule has 8 nitrogen and oxygen atoms in total. The number of benzene rings is 1. The molecule has 1 amide bonds. The van der Waals surface area contributed by atoms with Crippen LogP contribution in [0.4, 0.5) is 11.4 Å². The molecular weight excluding hydrogens is 418 g/mol. The van der Waals surface area contributed by atoms with Gasteiger partial charge in [0.2, 0.25) is 5.91 Å². The van der Waals surface area contributed by atoms with Crippen LogP contribution in [0.5, 0.6) is 0 Å². The number of rotatable bonds is 8. The van der Waals surface area contributed by atoms with E-state index >= 15 is 0 Å². The van der Waals surface area contributed by atoms with Crippen molar-refractivity contribution in [1.29, 1.82) is 0 Å². The van der Waals surface area contributed by atoms with Crippen LogP contribution < -0.4 is 15.4 Å². The van der Waals surface area contributed by atoms with E-state index in [4.69, 9.17) is 4.74 Å². The zero-order chi connectivity index (χ0) is 23.2. The number of nitrogens with zero attached hydrogens (tertiary/aromatic N) is 5. The van der Waals surface area contributed by atoms with Crippen molar-refractivity contribution < 1.29 is 9.53 Å². The highest BCUT2D eigenvalue weighted by Crippen LogP contribution is 2.25. The third-order valence-corrected chi connectivity index (χ3v) is 6.72. The van der Waals surface area contributed by atoms with Crippen LogP contribution in [0.15, 0.2) is 41.3 Å². The van der Waals surface area contributed by atoms with E-state index in [1.165, 1.54) is 29.6 Å². The molecule has 0 bridgehead atoms. The summed E-state index contributed by atoms with van der Waals surface area (Å²) in [6, 6.07) is 10.2. The first-order valence-corrected chi connectivity index (χ1v) is 11.9. The summed E-state index contributed by atoms with van der Waals surface area (Å²) in [5.74, 6) is 0.0811. The average Bonchev–Trinajstić information content (AvgIpc) is 3.34. The van der Waals surface area contributed by atoms with Crippen molar-refractivity contribution in [1.82, 2.24) is 14.7 Å². The highest BCUT2D eigenvalue weighted by Gasteiger charge is 2.31. The molecule has 2 aliphatic rings. The van der Waals surface area contributed by atoms with Gasteiger partial charge in [-0.05, 0) is 43.4 Å². The average molecular weight is 454 g/mol. The molecule has 1 aromatic heterocycles. The van der Waals surface area contributed by atoms with Gasteiger partial charge in [-0.15, -0.1) is 0 Å². The maximum Gasteiger partial charge on any atom is 0.268 e. The molecule has 1 unspecified atom stereocenters. The van der Waals surface area contributed by atoms with Crippen molar-refractivity contribution in [2.24, 2.45) is 5.92 Å². The molecule has 1 aromatic carbocycles. The normalized spacial score (nSPS) is 18.5. The topological polar surface area (TPSA) is 70.9 Å². The van der Waals surface area contributed by atoms with Crippen molar-refractivity contribution in [2.45, 2.75) is 38.8 Å². The fraction of sp³-hybridized carbons (Fsp3) is 0.560. The van der Waals surface area contributed by atoms with Gasteiger partial charge in [0.15, 0.2) is 0 Å². The van der Waals surface area contributed by atoms with Gasteiger partial charge in [-0.1, -0.05) is 12.1 Å². The van der Waals surface area contributed by atoms with Gasteiger partial charge in [0.05, 0.1) is 31.0 Å². The van der Waals surface area contributed by atoms with Gasteiger partial charge in [0.25, 0.3) is 5.56 Å². The summed E-state index contributed by atoms with van der Waals surface area (Å²) in [7, 11) is 3.48. The first-order valence-electron chi connectivity index (χ1n) is 11.9. The zero-order valence-electron chi connectivity index (χ0n) is 19.8. The first-order chi connectivity index (χ1) is 16.0. The molecule has 2 fully saturated rings. The lowest BCUT2D eigenvalue weighted by molar-refractivity contribution is -0.134. The summed E-state index contributed by atoms with van der Waals surface area (Å²) < 4.78 is 6.41. The summed E-state index contributed by atoms with van der Waals surface area (Å²) in [6.07, 6.45) is 6.34. The van der Waals surface area contributed by atoms with E-state index in [1.54, 1.807) is 19.4 Å². The number of methoxy groups -OCH3 is 1. The number of anilines is 2. The number of carbonyl (C=O) groups excluding carboxylic acids is 1. The Labute approximate surface area is 195 Å². The maximum absolute atomic E-state index is 13.1. The van der Waals surface area contributed by atoms with Crippen LogP contribution in [-0.4, -0.2) is 67.5 Å². The number of piperidine rings is 1. The van der Waals surface area contributed by atoms with Gasteiger partial charge in [0.1, 0.15) is 0 Å². The van der Waals surface area contributed by atoms with Crippen molar-refractivity contribution >= 4 is 17.3 Å². The SMILES string of the molecule is COCCn1ncc(N2CCC(C(=O)N(C)Cc3ccc(N4CCCCC4)cc3)C2)cc1=O. The monoisotopic (exact) mass is 453 g/mol. The number of amides is 1. The number of carbonyl (C=O) groups is 1. The largest absolute Gasteiger partial charge is 0.383 e. The van der Waals surface area contributed by atoms with E-state index in [9.17, 15) is 9.59 Å². The minimum Gasteiger partial charge on any atom is -0.383 e. The van der Waals surface area contributed by atoms with Gasteiger partial charge in [-0.3, -0.25) is 9.59 Å². The molecule has 2 aromatic rings. The number of aromatic nitrogens is 2. The Morgan fingerprint density at radius 3 is 2.55 bits per heavy atom. The third-order valence-electron chi connectivity index (χ3n) is 6.72. The second-order valence-corrected chi connectivity index (χ2v) is 9.11. The highest BCUT2D eigenvalue weighted by molar-refractivity contribution is 5.80. The lowest BCUT2D eigenvalue weighted by Gasteiger charge is -2.29. The highest BCUT2D eigenvalue weighted by atomic mass is 16.5. The number of ether oxygens (including phenoxy) is 1. The van der Waals surface area contributed by atoms with E-state index in [1.807, 2.05) is 11.9 Å². The molecule has 0 radical (unpaired) electrons. The van der Waals surface area contributed by atoms with Gasteiger partial charge in [0, 0.05) is 58.6 Å². The second-order valence-electron chi connectivity index (χ2n) is 9.11. The van der Waals surface area contributed by atoms with Gasteiger partial charge in [-0.2, -0.15) is 5.10 Å². The molecule has 1 atom stereocenters. The Kier molecular flexibility index (Phi) is 7.65. The van der Waals surface area contributed by atoms with Crippen LogP contribution in [0.25, 0.3) is 0 Å². The molecule has 0 aliphatic carbocycles. The maximum atomic E-state index is 13.1. The Morgan fingerprint density at radius 2 is 1.85 bits per heavy atom. The Balaban J connectivity index is 1.31. The molecule has 2 saturated heterocycles. The van der Waals surface area contributed by atoms with Crippen molar-refractivity contribution in [2.75, 3.05) is 56.7 Å². The van der Waals surface area contributed by atoms with Crippen molar-refractivity contribution in [3.8, 4) is 0 Å². The molecule has 8 heteroatoms.